The molecule has 3 fully saturated rings. The van der Waals surface area contributed by atoms with Crippen LogP contribution in [0.1, 0.15) is 37.5 Å². The molecule has 1 amide bonds. The lowest BCUT2D eigenvalue weighted by atomic mass is 10.0. The molecule has 10 heteroatoms. The Morgan fingerprint density at radius 2 is 1.97 bits per heavy atom. The van der Waals surface area contributed by atoms with Gasteiger partial charge in [0.25, 0.3) is 5.91 Å². The molecule has 4 N–H and O–H groups in total. The molecule has 1 aliphatic heterocycles. The van der Waals surface area contributed by atoms with Crippen LogP contribution < -0.4 is 5.32 Å². The van der Waals surface area contributed by atoms with Gasteiger partial charge in [0.1, 0.15) is 22.2 Å². The number of H-pyrrole nitrogens is 1. The minimum atomic E-state index is -0.951. The molecule has 0 bridgehead atoms. The van der Waals surface area contributed by atoms with Crippen molar-refractivity contribution in [2.75, 3.05) is 18.4 Å². The van der Waals surface area contributed by atoms with Crippen molar-refractivity contribution < 1.29 is 19.8 Å². The van der Waals surface area contributed by atoms with Crippen LogP contribution in [0.15, 0.2) is 24.7 Å². The molecule has 1 saturated heterocycles. The van der Waals surface area contributed by atoms with Gasteiger partial charge in [0.15, 0.2) is 0 Å². The molecular weight excluding hydrogens is 454 g/mol. The largest absolute Gasteiger partial charge is 0.481 e. The first kappa shape index (κ1) is 21.5. The number of rotatable bonds is 6. The zero-order chi connectivity index (χ0) is 23.6. The van der Waals surface area contributed by atoms with E-state index in [1.807, 2.05) is 18.5 Å². The summed E-state index contributed by atoms with van der Waals surface area (Å²) in [7, 11) is 0. The zero-order valence-electron chi connectivity index (χ0n) is 18.8. The van der Waals surface area contributed by atoms with Gasteiger partial charge in [-0.1, -0.05) is 0 Å². The van der Waals surface area contributed by atoms with Gasteiger partial charge in [-0.25, -0.2) is 9.97 Å². The van der Waals surface area contributed by atoms with E-state index >= 15 is 0 Å². The van der Waals surface area contributed by atoms with Gasteiger partial charge >= 0.3 is 5.97 Å². The van der Waals surface area contributed by atoms with Gasteiger partial charge < -0.3 is 25.4 Å². The number of aromatic amines is 1. The number of hydrogen-bond acceptors (Lipinski definition) is 7. The van der Waals surface area contributed by atoms with Crippen LogP contribution in [-0.4, -0.2) is 67.2 Å². The number of fused-ring (bicyclic) bond motifs is 2. The Morgan fingerprint density at radius 1 is 1.24 bits per heavy atom. The summed E-state index contributed by atoms with van der Waals surface area (Å²) in [6, 6.07) is 2.26. The quantitative estimate of drug-likeness (QED) is 0.426. The maximum Gasteiger partial charge on any atom is 0.315 e. The molecule has 0 radical (unpaired) electrons. The molecule has 2 saturated carbocycles. The van der Waals surface area contributed by atoms with E-state index in [0.717, 1.165) is 45.0 Å². The molecule has 34 heavy (non-hydrogen) atoms. The summed E-state index contributed by atoms with van der Waals surface area (Å²) in [4.78, 5) is 38.9. The Hall–Kier alpha value is -2.98. The number of amides is 1. The first-order valence-electron chi connectivity index (χ1n) is 11.8. The summed E-state index contributed by atoms with van der Waals surface area (Å²) in [6.07, 6.45) is 7.65. The summed E-state index contributed by atoms with van der Waals surface area (Å²) in [5.41, 5.74) is 1.87. The third kappa shape index (κ3) is 3.39. The number of carboxylic acid groups (broad SMARTS) is 1. The third-order valence-corrected chi connectivity index (χ3v) is 8.96. The smallest absolute Gasteiger partial charge is 0.315 e. The molecule has 6 rings (SSSR count). The number of aromatic nitrogens is 3. The predicted octanol–water partition coefficient (Wildman–Crippen LogP) is 2.83. The first-order chi connectivity index (χ1) is 16.4. The number of thiazole rings is 1. The Balaban J connectivity index is 1.26. The molecule has 3 aromatic rings. The lowest BCUT2D eigenvalue weighted by molar-refractivity contribution is -0.140. The number of nitrogens with zero attached hydrogens (tertiary/aromatic N) is 3. The van der Waals surface area contributed by atoms with Crippen molar-refractivity contribution in [3.63, 3.8) is 0 Å². The van der Waals surface area contributed by atoms with Crippen LogP contribution in [0, 0.1) is 11.8 Å². The average molecular weight is 482 g/mol. The van der Waals surface area contributed by atoms with Crippen molar-refractivity contribution in [2.45, 2.75) is 50.2 Å². The minimum absolute atomic E-state index is 0.182. The molecule has 3 aromatic heterocycles. The summed E-state index contributed by atoms with van der Waals surface area (Å²) >= 11 is 1.44. The molecule has 0 spiro atoms. The second kappa shape index (κ2) is 7.78. The summed E-state index contributed by atoms with van der Waals surface area (Å²) in [5, 5.41) is 24.8. The first-order valence-corrected chi connectivity index (χ1v) is 12.6. The second-order valence-electron chi connectivity index (χ2n) is 9.96. The fourth-order valence-electron chi connectivity index (χ4n) is 5.70. The number of pyridine rings is 1. The lowest BCUT2D eigenvalue weighted by Crippen LogP contribution is -2.37. The SMILES string of the molecule is C[C@H](O)C(=O)N1C[C@H]2CC(Nc3c(-c4ncc(C5(C(=O)O)CC5)s4)cnc4[nH]ccc34)C[C@H]2C1. The van der Waals surface area contributed by atoms with Crippen LogP contribution in [0.5, 0.6) is 0 Å². The van der Waals surface area contributed by atoms with E-state index in [1.165, 1.54) is 18.3 Å². The molecule has 4 atom stereocenters. The van der Waals surface area contributed by atoms with Gasteiger partial charge in [0, 0.05) is 48.0 Å². The molecule has 178 valence electrons. The van der Waals surface area contributed by atoms with Crippen molar-refractivity contribution in [2.24, 2.45) is 11.8 Å². The van der Waals surface area contributed by atoms with Gasteiger partial charge in [0.05, 0.1) is 11.3 Å². The van der Waals surface area contributed by atoms with Crippen LogP contribution in [0.2, 0.25) is 0 Å². The van der Waals surface area contributed by atoms with Crippen molar-refractivity contribution in [1.29, 1.82) is 0 Å². The van der Waals surface area contributed by atoms with Crippen molar-refractivity contribution in [3.8, 4) is 10.6 Å². The number of carbonyl (C=O) groups is 2. The summed E-state index contributed by atoms with van der Waals surface area (Å²) < 4.78 is 0. The number of aliphatic carboxylic acids is 1. The van der Waals surface area contributed by atoms with E-state index in [0.29, 0.717) is 37.8 Å². The standard InChI is InChI=1S/C24H27N5O4S/c1-12(30)22(31)29-10-13-6-15(7-14(13)11-29)28-19-16-2-5-25-20(16)26-8-17(19)21-27-9-18(34-21)24(3-4-24)23(32)33/h2,5,8-9,12-15,30H,3-4,6-7,10-11H2,1H3,(H,32,33)(H2,25,26,28)/t12-,13-,14+,15?/m0/s1. The minimum Gasteiger partial charge on any atom is -0.481 e. The van der Waals surface area contributed by atoms with E-state index < -0.39 is 17.5 Å². The Kier molecular flexibility index (Phi) is 4.93. The fraction of sp³-hybridized carbons (Fsp3) is 0.500. The van der Waals surface area contributed by atoms with E-state index in [-0.39, 0.29) is 11.9 Å². The van der Waals surface area contributed by atoms with Crippen molar-refractivity contribution in [1.82, 2.24) is 19.9 Å². The van der Waals surface area contributed by atoms with E-state index in [9.17, 15) is 19.8 Å². The fourth-order valence-corrected chi connectivity index (χ4v) is 6.87. The molecule has 0 aromatic carbocycles. The number of carbonyl (C=O) groups excluding carboxylic acids is 1. The number of carboxylic acids is 1. The second-order valence-corrected chi connectivity index (χ2v) is 11.0. The Labute approximate surface area is 200 Å². The van der Waals surface area contributed by atoms with Crippen LogP contribution >= 0.6 is 11.3 Å². The molecule has 1 unspecified atom stereocenters. The van der Waals surface area contributed by atoms with Crippen LogP contribution in [-0.2, 0) is 15.0 Å². The average Bonchev–Trinajstić information content (AvgIpc) is 3.20. The Morgan fingerprint density at radius 3 is 2.62 bits per heavy atom. The van der Waals surface area contributed by atoms with Crippen LogP contribution in [0.25, 0.3) is 21.6 Å². The highest BCUT2D eigenvalue weighted by Crippen LogP contribution is 2.52. The number of likely N-dealkylation sites (tertiary alicyclic amines) is 1. The van der Waals surface area contributed by atoms with Gasteiger partial charge in [-0.2, -0.15) is 0 Å². The molecule has 4 heterocycles. The number of hydrogen-bond donors (Lipinski definition) is 4. The highest BCUT2D eigenvalue weighted by Gasteiger charge is 2.53. The van der Waals surface area contributed by atoms with E-state index in [4.69, 9.17) is 0 Å². The van der Waals surface area contributed by atoms with Gasteiger partial charge in [-0.15, -0.1) is 11.3 Å². The molecule has 9 nitrogen and oxygen atoms in total. The van der Waals surface area contributed by atoms with Gasteiger partial charge in [-0.05, 0) is 50.5 Å². The Bertz CT molecular complexity index is 1270. The van der Waals surface area contributed by atoms with Crippen molar-refractivity contribution in [3.05, 3.63) is 29.5 Å². The van der Waals surface area contributed by atoms with Crippen molar-refractivity contribution >= 4 is 39.9 Å². The van der Waals surface area contributed by atoms with Crippen LogP contribution in [0.4, 0.5) is 5.69 Å². The summed E-state index contributed by atoms with van der Waals surface area (Å²) in [5.74, 6) is -0.118. The monoisotopic (exact) mass is 481 g/mol. The third-order valence-electron chi connectivity index (χ3n) is 7.72. The van der Waals surface area contributed by atoms with Gasteiger partial charge in [-0.3, -0.25) is 9.59 Å². The van der Waals surface area contributed by atoms with Gasteiger partial charge in [0.2, 0.25) is 0 Å². The highest BCUT2D eigenvalue weighted by atomic mass is 32.1. The zero-order valence-corrected chi connectivity index (χ0v) is 19.6. The maximum absolute atomic E-state index is 12.2. The maximum atomic E-state index is 12.2. The number of nitrogens with one attached hydrogen (secondary N) is 2. The topological polar surface area (TPSA) is 131 Å². The number of anilines is 1. The molecule has 2 aliphatic carbocycles. The van der Waals surface area contributed by atoms with E-state index in [2.05, 4.69) is 20.3 Å². The lowest BCUT2D eigenvalue weighted by Gasteiger charge is -2.22. The molecule has 3 aliphatic rings. The number of aliphatic hydroxyl groups excluding tert-OH is 1. The van der Waals surface area contributed by atoms with E-state index in [1.54, 1.807) is 11.1 Å². The summed E-state index contributed by atoms with van der Waals surface area (Å²) in [6.45, 7) is 2.92. The predicted molar refractivity (Wildman–Crippen MR) is 128 cm³/mol. The van der Waals surface area contributed by atoms with Crippen LogP contribution in [0.3, 0.4) is 0 Å². The highest BCUT2D eigenvalue weighted by molar-refractivity contribution is 7.15. The molecular formula is C24H27N5O4S. The normalized spacial score (nSPS) is 25.9. The number of aliphatic hydroxyl groups is 1.